The van der Waals surface area contributed by atoms with Gasteiger partial charge in [-0.2, -0.15) is 0 Å². The zero-order chi connectivity index (χ0) is 15.1. The minimum atomic E-state index is 0.0140. The fraction of sp³-hybridized carbons (Fsp3) is 0.562. The molecule has 1 atom stereocenters. The number of nitrogens with one attached hydrogen (secondary N) is 1. The number of nitrogens with two attached hydrogens (primary N) is 1. The highest BCUT2D eigenvalue weighted by molar-refractivity contribution is 5.92. The number of anilines is 1. The average molecular weight is 291 g/mol. The molecule has 1 aliphatic rings. The van der Waals surface area contributed by atoms with Gasteiger partial charge in [0.2, 0.25) is 5.91 Å². The van der Waals surface area contributed by atoms with Gasteiger partial charge in [-0.05, 0) is 49.9 Å². The molecule has 0 spiro atoms. The van der Waals surface area contributed by atoms with E-state index >= 15 is 0 Å². The lowest BCUT2D eigenvalue weighted by atomic mass is 10.1. The lowest BCUT2D eigenvalue weighted by Gasteiger charge is -2.23. The zero-order valence-corrected chi connectivity index (χ0v) is 12.4. The van der Waals surface area contributed by atoms with Gasteiger partial charge >= 0.3 is 0 Å². The Bertz CT molecular complexity index is 465. The third-order valence-corrected chi connectivity index (χ3v) is 3.99. The van der Waals surface area contributed by atoms with Crippen LogP contribution in [0.3, 0.4) is 0 Å². The largest absolute Gasteiger partial charge is 0.396 e. The fourth-order valence-corrected chi connectivity index (χ4v) is 2.92. The van der Waals surface area contributed by atoms with E-state index in [9.17, 15) is 4.79 Å². The van der Waals surface area contributed by atoms with Crippen molar-refractivity contribution in [3.8, 4) is 0 Å². The Morgan fingerprint density at radius 3 is 3.10 bits per heavy atom. The molecule has 21 heavy (non-hydrogen) atoms. The van der Waals surface area contributed by atoms with E-state index in [0.717, 1.165) is 43.5 Å². The van der Waals surface area contributed by atoms with Crippen LogP contribution in [0.2, 0.25) is 0 Å². The van der Waals surface area contributed by atoms with Crippen LogP contribution in [-0.2, 0) is 11.3 Å². The van der Waals surface area contributed by atoms with E-state index < -0.39 is 0 Å². The summed E-state index contributed by atoms with van der Waals surface area (Å²) in [6, 6.07) is 8.06. The molecular weight excluding hydrogens is 266 g/mol. The molecule has 2 rings (SSSR count). The van der Waals surface area contributed by atoms with Gasteiger partial charge in [-0.25, -0.2) is 0 Å². The van der Waals surface area contributed by atoms with E-state index in [4.69, 9.17) is 10.8 Å². The van der Waals surface area contributed by atoms with Gasteiger partial charge < -0.3 is 16.2 Å². The number of hydrogen-bond donors (Lipinski definition) is 3. The molecule has 116 valence electrons. The Kier molecular flexibility index (Phi) is 6.17. The molecule has 1 fully saturated rings. The van der Waals surface area contributed by atoms with Crippen LogP contribution in [0.25, 0.3) is 0 Å². The molecule has 1 aliphatic heterocycles. The average Bonchev–Trinajstić information content (AvgIpc) is 2.92. The maximum absolute atomic E-state index is 12.2. The molecule has 1 amide bonds. The van der Waals surface area contributed by atoms with E-state index in [-0.39, 0.29) is 12.5 Å². The zero-order valence-electron chi connectivity index (χ0n) is 12.4. The first-order valence-electron chi connectivity index (χ1n) is 7.66. The number of aliphatic hydroxyl groups excluding tert-OH is 1. The summed E-state index contributed by atoms with van der Waals surface area (Å²) in [4.78, 5) is 14.4. The second-order valence-corrected chi connectivity index (χ2v) is 5.59. The lowest BCUT2D eigenvalue weighted by molar-refractivity contribution is -0.117. The first kappa shape index (κ1) is 15.9. The molecule has 0 bridgehead atoms. The fourth-order valence-electron chi connectivity index (χ4n) is 2.92. The number of rotatable bonds is 7. The SMILES string of the molecule is NCc1cccc(NC(=O)CN2CCCC2CCCO)c1. The summed E-state index contributed by atoms with van der Waals surface area (Å²) in [7, 11) is 0. The summed E-state index contributed by atoms with van der Waals surface area (Å²) in [5.74, 6) is 0.0140. The van der Waals surface area contributed by atoms with E-state index in [1.54, 1.807) is 0 Å². The topological polar surface area (TPSA) is 78.6 Å². The van der Waals surface area contributed by atoms with Crippen molar-refractivity contribution in [2.75, 3.05) is 25.0 Å². The highest BCUT2D eigenvalue weighted by Crippen LogP contribution is 2.21. The van der Waals surface area contributed by atoms with Gasteiger partial charge in [0.1, 0.15) is 0 Å². The molecule has 1 saturated heterocycles. The van der Waals surface area contributed by atoms with Crippen LogP contribution >= 0.6 is 0 Å². The Hall–Kier alpha value is -1.43. The predicted octanol–water partition coefficient (Wildman–Crippen LogP) is 1.32. The van der Waals surface area contributed by atoms with Crippen LogP contribution in [0.15, 0.2) is 24.3 Å². The third-order valence-electron chi connectivity index (χ3n) is 3.99. The highest BCUT2D eigenvalue weighted by Gasteiger charge is 2.25. The lowest BCUT2D eigenvalue weighted by Crippen LogP contribution is -2.36. The maximum atomic E-state index is 12.2. The second kappa shape index (κ2) is 8.12. The molecule has 5 nitrogen and oxygen atoms in total. The summed E-state index contributed by atoms with van der Waals surface area (Å²) >= 11 is 0. The van der Waals surface area contributed by atoms with Crippen molar-refractivity contribution in [1.82, 2.24) is 4.90 Å². The van der Waals surface area contributed by atoms with Gasteiger partial charge in [0.25, 0.3) is 0 Å². The van der Waals surface area contributed by atoms with Crippen LogP contribution in [0.5, 0.6) is 0 Å². The normalized spacial score (nSPS) is 18.9. The Balaban J connectivity index is 1.85. The first-order valence-corrected chi connectivity index (χ1v) is 7.66. The molecule has 1 unspecified atom stereocenters. The van der Waals surface area contributed by atoms with Gasteiger partial charge in [-0.3, -0.25) is 9.69 Å². The number of carbonyl (C=O) groups is 1. The summed E-state index contributed by atoms with van der Waals surface area (Å²) in [5, 5.41) is 11.9. The summed E-state index contributed by atoms with van der Waals surface area (Å²) in [6.07, 6.45) is 4.02. The van der Waals surface area contributed by atoms with Crippen LogP contribution in [0, 0.1) is 0 Å². The van der Waals surface area contributed by atoms with E-state index in [1.807, 2.05) is 24.3 Å². The van der Waals surface area contributed by atoms with Crippen LogP contribution in [0.1, 0.15) is 31.2 Å². The molecule has 1 aromatic carbocycles. The van der Waals surface area contributed by atoms with Gasteiger partial charge in [-0.1, -0.05) is 12.1 Å². The molecule has 5 heteroatoms. The summed E-state index contributed by atoms with van der Waals surface area (Å²) in [6.45, 7) is 2.08. The Morgan fingerprint density at radius 1 is 1.48 bits per heavy atom. The number of nitrogens with zero attached hydrogens (tertiary/aromatic N) is 1. The third kappa shape index (κ3) is 4.81. The monoisotopic (exact) mass is 291 g/mol. The van der Waals surface area contributed by atoms with Crippen LogP contribution in [0.4, 0.5) is 5.69 Å². The molecule has 0 radical (unpaired) electrons. The minimum absolute atomic E-state index is 0.0140. The Morgan fingerprint density at radius 2 is 2.33 bits per heavy atom. The van der Waals surface area contributed by atoms with Crippen molar-refractivity contribution in [2.45, 2.75) is 38.3 Å². The molecule has 4 N–H and O–H groups in total. The summed E-state index contributed by atoms with van der Waals surface area (Å²) in [5.41, 5.74) is 7.41. The van der Waals surface area contributed by atoms with Gasteiger partial charge in [0, 0.05) is 24.9 Å². The van der Waals surface area contributed by atoms with E-state index in [2.05, 4.69) is 10.2 Å². The van der Waals surface area contributed by atoms with Gasteiger partial charge in [0.05, 0.1) is 6.54 Å². The molecular formula is C16H25N3O2. The van der Waals surface area contributed by atoms with Gasteiger partial charge in [0.15, 0.2) is 0 Å². The molecule has 0 aliphatic carbocycles. The van der Waals surface area contributed by atoms with E-state index in [0.29, 0.717) is 19.1 Å². The maximum Gasteiger partial charge on any atom is 0.238 e. The van der Waals surface area contributed by atoms with E-state index in [1.165, 1.54) is 0 Å². The van der Waals surface area contributed by atoms with Crippen molar-refractivity contribution in [1.29, 1.82) is 0 Å². The number of benzene rings is 1. The van der Waals surface area contributed by atoms with Crippen molar-refractivity contribution in [3.05, 3.63) is 29.8 Å². The number of amides is 1. The van der Waals surface area contributed by atoms with Crippen molar-refractivity contribution in [2.24, 2.45) is 5.73 Å². The standard InChI is InChI=1S/C16H25N3O2/c17-11-13-4-1-5-14(10-13)18-16(21)12-19-8-2-6-15(19)7-3-9-20/h1,4-5,10,15,20H,2-3,6-9,11-12,17H2,(H,18,21). The van der Waals surface area contributed by atoms with Crippen LogP contribution < -0.4 is 11.1 Å². The molecule has 1 heterocycles. The quantitative estimate of drug-likeness (QED) is 0.708. The number of likely N-dealkylation sites (tertiary alicyclic amines) is 1. The first-order chi connectivity index (χ1) is 10.2. The number of carbonyl (C=O) groups excluding carboxylic acids is 1. The highest BCUT2D eigenvalue weighted by atomic mass is 16.3. The van der Waals surface area contributed by atoms with Crippen molar-refractivity contribution in [3.63, 3.8) is 0 Å². The predicted molar refractivity (Wildman–Crippen MR) is 83.9 cm³/mol. The number of hydrogen-bond acceptors (Lipinski definition) is 4. The Labute approximate surface area is 126 Å². The molecule has 0 aromatic heterocycles. The second-order valence-electron chi connectivity index (χ2n) is 5.59. The number of aliphatic hydroxyl groups is 1. The van der Waals surface area contributed by atoms with Crippen molar-refractivity contribution < 1.29 is 9.90 Å². The van der Waals surface area contributed by atoms with Gasteiger partial charge in [-0.15, -0.1) is 0 Å². The summed E-state index contributed by atoms with van der Waals surface area (Å²) < 4.78 is 0. The van der Waals surface area contributed by atoms with Crippen molar-refractivity contribution >= 4 is 11.6 Å². The van der Waals surface area contributed by atoms with Crippen LogP contribution in [-0.4, -0.2) is 41.7 Å². The molecule has 1 aromatic rings. The minimum Gasteiger partial charge on any atom is -0.396 e. The molecule has 0 saturated carbocycles. The smallest absolute Gasteiger partial charge is 0.238 e.